The summed E-state index contributed by atoms with van der Waals surface area (Å²) >= 11 is 3.62. The van der Waals surface area contributed by atoms with E-state index < -0.39 is 5.97 Å². The van der Waals surface area contributed by atoms with Crippen molar-refractivity contribution >= 4 is 29.5 Å². The van der Waals surface area contributed by atoms with Crippen LogP contribution in [0.1, 0.15) is 33.1 Å². The molecule has 0 bridgehead atoms. The van der Waals surface area contributed by atoms with Gasteiger partial charge >= 0.3 is 5.97 Å². The number of thioether (sulfide) groups is 2. The van der Waals surface area contributed by atoms with E-state index in [0.29, 0.717) is 5.25 Å². The first-order chi connectivity index (χ1) is 8.52. The van der Waals surface area contributed by atoms with Crippen LogP contribution in [-0.4, -0.2) is 45.3 Å². The van der Waals surface area contributed by atoms with Crippen molar-refractivity contribution in [3.8, 4) is 0 Å². The van der Waals surface area contributed by atoms with Gasteiger partial charge in [-0.25, -0.2) is 0 Å². The second-order valence-electron chi connectivity index (χ2n) is 5.59. The molecule has 0 aromatic heterocycles. The number of carboxylic acids is 1. The van der Waals surface area contributed by atoms with Crippen molar-refractivity contribution in [1.82, 2.24) is 0 Å². The van der Waals surface area contributed by atoms with Crippen molar-refractivity contribution in [3.63, 3.8) is 0 Å². The van der Waals surface area contributed by atoms with E-state index in [0.717, 1.165) is 31.6 Å². The molecule has 2 aliphatic rings. The quantitative estimate of drug-likeness (QED) is 0.862. The van der Waals surface area contributed by atoms with E-state index in [1.54, 1.807) is 11.8 Å². The standard InChI is InChI=1S/C13H22O3S2/c1-9(2)11(12(14)15)18-10-3-5-16-13(7-10)4-6-17-8-13/h9-11H,3-8H2,1-2H3,(H,14,15). The van der Waals surface area contributed by atoms with Gasteiger partial charge in [0.25, 0.3) is 0 Å². The second-order valence-corrected chi connectivity index (χ2v) is 8.14. The molecule has 1 spiro atoms. The number of aliphatic carboxylic acids is 1. The molecule has 2 heterocycles. The van der Waals surface area contributed by atoms with E-state index in [2.05, 4.69) is 0 Å². The predicted octanol–water partition coefficient (Wildman–Crippen LogP) is 2.88. The molecule has 3 nitrogen and oxygen atoms in total. The van der Waals surface area contributed by atoms with Crippen molar-refractivity contribution in [2.24, 2.45) is 5.92 Å². The van der Waals surface area contributed by atoms with Crippen molar-refractivity contribution in [2.45, 2.75) is 49.2 Å². The van der Waals surface area contributed by atoms with Crippen LogP contribution in [0.2, 0.25) is 0 Å². The molecule has 0 amide bonds. The molecule has 0 saturated carbocycles. The highest BCUT2D eigenvalue weighted by atomic mass is 32.2. The highest BCUT2D eigenvalue weighted by molar-refractivity contribution is 8.01. The third-order valence-corrected chi connectivity index (χ3v) is 6.75. The van der Waals surface area contributed by atoms with Gasteiger partial charge in [0.1, 0.15) is 5.25 Å². The summed E-state index contributed by atoms with van der Waals surface area (Å²) in [4.78, 5) is 11.3. The molecule has 0 radical (unpaired) electrons. The topological polar surface area (TPSA) is 46.5 Å². The van der Waals surface area contributed by atoms with Crippen molar-refractivity contribution < 1.29 is 14.6 Å². The lowest BCUT2D eigenvalue weighted by Gasteiger charge is -2.38. The summed E-state index contributed by atoms with van der Waals surface area (Å²) in [6.07, 6.45) is 3.16. The summed E-state index contributed by atoms with van der Waals surface area (Å²) < 4.78 is 5.98. The van der Waals surface area contributed by atoms with Gasteiger partial charge in [-0.3, -0.25) is 4.79 Å². The SMILES string of the molecule is CC(C)C(SC1CCOC2(CCSC2)C1)C(=O)O. The molecule has 3 unspecified atom stereocenters. The summed E-state index contributed by atoms with van der Waals surface area (Å²) in [7, 11) is 0. The molecule has 0 aromatic rings. The van der Waals surface area contributed by atoms with Crippen LogP contribution in [0.25, 0.3) is 0 Å². The molecule has 0 aromatic carbocycles. The Hall–Kier alpha value is 0.130. The Balaban J connectivity index is 1.94. The van der Waals surface area contributed by atoms with Crippen LogP contribution in [0.3, 0.4) is 0 Å². The zero-order valence-corrected chi connectivity index (χ0v) is 12.7. The number of hydrogen-bond donors (Lipinski definition) is 1. The lowest BCUT2D eigenvalue weighted by molar-refractivity contribution is -0.137. The lowest BCUT2D eigenvalue weighted by Crippen LogP contribution is -2.42. The highest BCUT2D eigenvalue weighted by Crippen LogP contribution is 2.43. The fourth-order valence-corrected chi connectivity index (χ4v) is 5.53. The summed E-state index contributed by atoms with van der Waals surface area (Å²) in [5.74, 6) is 1.79. The molecule has 2 aliphatic heterocycles. The lowest BCUT2D eigenvalue weighted by atomic mass is 9.93. The Kier molecular flexibility index (Phi) is 4.89. The van der Waals surface area contributed by atoms with E-state index in [1.807, 2.05) is 25.6 Å². The Bertz CT molecular complexity index is 301. The molecule has 2 fully saturated rings. The Morgan fingerprint density at radius 1 is 1.56 bits per heavy atom. The molecule has 5 heteroatoms. The van der Waals surface area contributed by atoms with E-state index in [4.69, 9.17) is 4.74 Å². The zero-order chi connectivity index (χ0) is 13.2. The van der Waals surface area contributed by atoms with Crippen molar-refractivity contribution in [3.05, 3.63) is 0 Å². The predicted molar refractivity (Wildman–Crippen MR) is 77.5 cm³/mol. The Morgan fingerprint density at radius 3 is 2.89 bits per heavy atom. The van der Waals surface area contributed by atoms with Crippen LogP contribution in [0, 0.1) is 5.92 Å². The van der Waals surface area contributed by atoms with Crippen LogP contribution >= 0.6 is 23.5 Å². The zero-order valence-electron chi connectivity index (χ0n) is 11.1. The van der Waals surface area contributed by atoms with Gasteiger partial charge in [-0.2, -0.15) is 11.8 Å². The average Bonchev–Trinajstić information content (AvgIpc) is 2.73. The van der Waals surface area contributed by atoms with Gasteiger partial charge in [0.2, 0.25) is 0 Å². The molecule has 1 N–H and O–H groups in total. The van der Waals surface area contributed by atoms with Gasteiger partial charge in [0, 0.05) is 17.6 Å². The molecular weight excluding hydrogens is 268 g/mol. The van der Waals surface area contributed by atoms with Gasteiger partial charge in [-0.15, -0.1) is 11.8 Å². The smallest absolute Gasteiger partial charge is 0.316 e. The van der Waals surface area contributed by atoms with E-state index in [9.17, 15) is 9.90 Å². The van der Waals surface area contributed by atoms with Crippen LogP contribution in [0.5, 0.6) is 0 Å². The summed E-state index contributed by atoms with van der Waals surface area (Å²) in [6, 6.07) is 0. The fourth-order valence-electron chi connectivity index (χ4n) is 2.67. The number of carbonyl (C=O) groups is 1. The molecule has 18 heavy (non-hydrogen) atoms. The third kappa shape index (κ3) is 3.36. The summed E-state index contributed by atoms with van der Waals surface area (Å²) in [5.41, 5.74) is 0.0562. The van der Waals surface area contributed by atoms with Crippen LogP contribution < -0.4 is 0 Å². The number of ether oxygens (including phenoxy) is 1. The summed E-state index contributed by atoms with van der Waals surface area (Å²) in [5, 5.41) is 9.44. The first kappa shape index (κ1) is 14.5. The number of carboxylic acid groups (broad SMARTS) is 1. The highest BCUT2D eigenvalue weighted by Gasteiger charge is 2.41. The molecule has 3 atom stereocenters. The Labute approximate surface area is 117 Å². The third-order valence-electron chi connectivity index (χ3n) is 3.70. The molecule has 0 aliphatic carbocycles. The first-order valence-corrected chi connectivity index (χ1v) is 8.72. The minimum atomic E-state index is -0.670. The average molecular weight is 290 g/mol. The molecule has 2 rings (SSSR count). The van der Waals surface area contributed by atoms with Crippen LogP contribution in [0.15, 0.2) is 0 Å². The van der Waals surface area contributed by atoms with Crippen LogP contribution in [0.4, 0.5) is 0 Å². The van der Waals surface area contributed by atoms with Gasteiger partial charge < -0.3 is 9.84 Å². The first-order valence-electron chi connectivity index (χ1n) is 6.62. The Morgan fingerprint density at radius 2 is 2.33 bits per heavy atom. The molecular formula is C13H22O3S2. The van der Waals surface area contributed by atoms with Crippen molar-refractivity contribution in [2.75, 3.05) is 18.1 Å². The second kappa shape index (κ2) is 6.06. The van der Waals surface area contributed by atoms with Crippen LogP contribution in [-0.2, 0) is 9.53 Å². The largest absolute Gasteiger partial charge is 0.480 e. The summed E-state index contributed by atoms with van der Waals surface area (Å²) in [6.45, 7) is 4.78. The number of rotatable bonds is 4. The maximum Gasteiger partial charge on any atom is 0.316 e. The van der Waals surface area contributed by atoms with E-state index in [1.165, 1.54) is 5.75 Å². The van der Waals surface area contributed by atoms with Gasteiger partial charge in [0.15, 0.2) is 0 Å². The maximum absolute atomic E-state index is 11.3. The number of hydrogen-bond acceptors (Lipinski definition) is 4. The van der Waals surface area contributed by atoms with Gasteiger partial charge in [-0.05, 0) is 30.9 Å². The molecule has 104 valence electrons. The van der Waals surface area contributed by atoms with Crippen molar-refractivity contribution in [1.29, 1.82) is 0 Å². The molecule has 2 saturated heterocycles. The van der Waals surface area contributed by atoms with Gasteiger partial charge in [-0.1, -0.05) is 13.8 Å². The van der Waals surface area contributed by atoms with Gasteiger partial charge in [0.05, 0.1) is 5.60 Å². The van der Waals surface area contributed by atoms with E-state index in [-0.39, 0.29) is 16.8 Å². The fraction of sp³-hybridized carbons (Fsp3) is 0.923. The minimum Gasteiger partial charge on any atom is -0.480 e. The maximum atomic E-state index is 11.3. The normalized spacial score (nSPS) is 34.1. The minimum absolute atomic E-state index is 0.0562. The van der Waals surface area contributed by atoms with E-state index >= 15 is 0 Å². The monoisotopic (exact) mass is 290 g/mol.